The van der Waals surface area contributed by atoms with Gasteiger partial charge in [0.25, 0.3) is 0 Å². The first kappa shape index (κ1) is 33.4. The topological polar surface area (TPSA) is 105 Å². The molecule has 1 saturated heterocycles. The van der Waals surface area contributed by atoms with Crippen molar-refractivity contribution in [1.29, 1.82) is 0 Å². The molecular weight excluding hydrogens is 621 g/mol. The summed E-state index contributed by atoms with van der Waals surface area (Å²) in [5.41, 5.74) is -0.860. The van der Waals surface area contributed by atoms with Gasteiger partial charge in [-0.15, -0.1) is 0 Å². The highest BCUT2D eigenvalue weighted by atomic mass is 35.5. The van der Waals surface area contributed by atoms with Crippen molar-refractivity contribution in [2.45, 2.75) is 78.0 Å². The Morgan fingerprint density at radius 3 is 2.25 bits per heavy atom. The number of imide groups is 1. The van der Waals surface area contributed by atoms with Crippen LogP contribution in [0.4, 0.5) is 24.2 Å². The number of hydrogen-bond donors (Lipinski definition) is 0. The van der Waals surface area contributed by atoms with Crippen LogP contribution in [0.25, 0.3) is 11.1 Å². The summed E-state index contributed by atoms with van der Waals surface area (Å²) in [6, 6.07) is 3.36. The molecule has 0 saturated carbocycles. The molecule has 3 aromatic rings. The van der Waals surface area contributed by atoms with Gasteiger partial charge < -0.3 is 18.9 Å². The van der Waals surface area contributed by atoms with Crippen molar-refractivity contribution in [2.75, 3.05) is 18.1 Å². The van der Waals surface area contributed by atoms with Crippen LogP contribution in [0.2, 0.25) is 10.0 Å². The van der Waals surface area contributed by atoms with Crippen LogP contribution in [0.15, 0.2) is 36.8 Å². The van der Waals surface area contributed by atoms with Crippen LogP contribution in [-0.4, -0.2) is 57.5 Å². The third-order valence-corrected chi connectivity index (χ3v) is 6.96. The van der Waals surface area contributed by atoms with Crippen LogP contribution in [0.1, 0.15) is 66.2 Å². The molecule has 2 unspecified atom stereocenters. The van der Waals surface area contributed by atoms with Crippen molar-refractivity contribution in [2.24, 2.45) is 0 Å². The van der Waals surface area contributed by atoms with E-state index in [-0.39, 0.29) is 40.4 Å². The van der Waals surface area contributed by atoms with Gasteiger partial charge in [-0.3, -0.25) is 4.68 Å². The number of carbonyl (C=O) groups excluding carboxylic acids is 2. The highest BCUT2D eigenvalue weighted by Crippen LogP contribution is 2.39. The third kappa shape index (κ3) is 7.77. The first-order valence-electron chi connectivity index (χ1n) is 13.8. The molecular formula is C30H34Cl2F2N4O6. The average molecular weight is 656 g/mol. The quantitative estimate of drug-likeness (QED) is 0.245. The Hall–Kier alpha value is -3.48. The number of alkyl halides is 1. The molecule has 14 heteroatoms. The van der Waals surface area contributed by atoms with Gasteiger partial charge in [-0.05, 0) is 66.7 Å². The summed E-state index contributed by atoms with van der Waals surface area (Å²) in [4.78, 5) is 31.9. The molecule has 0 N–H and O–H groups in total. The molecule has 2 aromatic heterocycles. The van der Waals surface area contributed by atoms with E-state index >= 15 is 0 Å². The molecule has 1 aliphatic rings. The Balaban J connectivity index is 1.83. The zero-order valence-electron chi connectivity index (χ0n) is 25.4. The molecule has 0 spiro atoms. The second kappa shape index (κ2) is 12.9. The Bertz CT molecular complexity index is 1510. The van der Waals surface area contributed by atoms with E-state index in [1.54, 1.807) is 54.7 Å². The molecule has 1 fully saturated rings. The van der Waals surface area contributed by atoms with E-state index < -0.39 is 47.5 Å². The van der Waals surface area contributed by atoms with E-state index in [4.69, 9.17) is 42.1 Å². The van der Waals surface area contributed by atoms with Crippen molar-refractivity contribution in [3.05, 3.63) is 58.2 Å². The number of benzene rings is 1. The number of anilines is 1. The fraction of sp³-hybridized carbons (Fsp3) is 0.467. The number of halogens is 4. The monoisotopic (exact) mass is 654 g/mol. The maximum Gasteiger partial charge on any atom is 0.425 e. The number of ether oxygens (including phenoxy) is 4. The number of rotatable bonds is 6. The lowest BCUT2D eigenvalue weighted by molar-refractivity contribution is 0.0426. The predicted molar refractivity (Wildman–Crippen MR) is 161 cm³/mol. The number of nitrogens with zero attached hydrogens (tertiary/aromatic N) is 4. The minimum absolute atomic E-state index is 0.0254. The Kier molecular flexibility index (Phi) is 9.77. The van der Waals surface area contributed by atoms with Gasteiger partial charge in [0.1, 0.15) is 35.3 Å². The van der Waals surface area contributed by atoms with Gasteiger partial charge in [0.15, 0.2) is 11.6 Å². The first-order valence-corrected chi connectivity index (χ1v) is 14.5. The Labute approximate surface area is 264 Å². The van der Waals surface area contributed by atoms with Crippen LogP contribution in [0.3, 0.4) is 0 Å². The highest BCUT2D eigenvalue weighted by Gasteiger charge is 2.37. The van der Waals surface area contributed by atoms with Crippen LogP contribution < -0.4 is 9.64 Å². The molecule has 0 radical (unpaired) electrons. The number of hydrogen-bond acceptors (Lipinski definition) is 8. The molecule has 238 valence electrons. The molecule has 0 bridgehead atoms. The van der Waals surface area contributed by atoms with Gasteiger partial charge in [-0.2, -0.15) is 10.00 Å². The van der Waals surface area contributed by atoms with E-state index in [0.717, 1.165) is 6.07 Å². The lowest BCUT2D eigenvalue weighted by Gasteiger charge is -2.29. The largest absolute Gasteiger partial charge is 0.482 e. The molecule has 1 aliphatic heterocycles. The summed E-state index contributed by atoms with van der Waals surface area (Å²) >= 11 is 12.6. The minimum atomic E-state index is -1.22. The van der Waals surface area contributed by atoms with Gasteiger partial charge in [0, 0.05) is 34.1 Å². The highest BCUT2D eigenvalue weighted by molar-refractivity contribution is 6.36. The lowest BCUT2D eigenvalue weighted by Crippen LogP contribution is -2.44. The van der Waals surface area contributed by atoms with Gasteiger partial charge in [-0.25, -0.2) is 23.4 Å². The maximum absolute atomic E-state index is 14.4. The zero-order chi connectivity index (χ0) is 32.6. The second-order valence-corrected chi connectivity index (χ2v) is 13.0. The third-order valence-electron chi connectivity index (χ3n) is 6.24. The smallest absolute Gasteiger partial charge is 0.425 e. The number of aromatic nitrogens is 3. The van der Waals surface area contributed by atoms with Crippen LogP contribution in [0.5, 0.6) is 5.75 Å². The summed E-state index contributed by atoms with van der Waals surface area (Å²) in [7, 11) is 0. The zero-order valence-corrected chi connectivity index (χ0v) is 26.9. The van der Waals surface area contributed by atoms with Crippen molar-refractivity contribution in [1.82, 2.24) is 14.8 Å². The van der Waals surface area contributed by atoms with E-state index in [9.17, 15) is 18.4 Å². The van der Waals surface area contributed by atoms with Crippen molar-refractivity contribution >= 4 is 41.2 Å². The van der Waals surface area contributed by atoms with E-state index in [1.807, 2.05) is 0 Å². The maximum atomic E-state index is 14.4. The Morgan fingerprint density at radius 1 is 1.05 bits per heavy atom. The summed E-state index contributed by atoms with van der Waals surface area (Å²) in [5.74, 6) is -1.08. The molecule has 3 atom stereocenters. The number of amides is 2. The SMILES string of the molecule is C[C@@H](Oc1cc(-c2cnn(C3COCC3F)c2)cnc1N(C(=O)OC(C)(C)C)C(=O)OC(C)(C)C)c1c(Cl)ccc(F)c1Cl. The molecule has 1 aromatic carbocycles. The standard InChI is InChI=1S/C30H34Cl2F2N4O6/c1-16(24-19(31)8-9-20(33)25(24)32)42-23-10-17(18-12-36-37(13-18)22-15-41-14-21(22)34)11-35-26(23)38(27(39)43-29(2,3)4)28(40)44-30(5,6)7/h8-13,16,21-22H,14-15H2,1-7H3/t16-,21?,22?/m1/s1. The van der Waals surface area contributed by atoms with Gasteiger partial charge in [0.2, 0.25) is 0 Å². The molecule has 10 nitrogen and oxygen atoms in total. The molecule has 44 heavy (non-hydrogen) atoms. The second-order valence-electron chi connectivity index (χ2n) is 12.2. The minimum Gasteiger partial charge on any atom is -0.482 e. The van der Waals surface area contributed by atoms with Gasteiger partial charge >= 0.3 is 12.2 Å². The summed E-state index contributed by atoms with van der Waals surface area (Å²) in [6.45, 7) is 11.5. The fourth-order valence-corrected chi connectivity index (χ4v) is 4.98. The lowest BCUT2D eigenvalue weighted by atomic mass is 10.1. The van der Waals surface area contributed by atoms with Gasteiger partial charge in [-0.1, -0.05) is 23.2 Å². The molecule has 4 rings (SSSR count). The van der Waals surface area contributed by atoms with Crippen LogP contribution in [0, 0.1) is 5.82 Å². The Morgan fingerprint density at radius 2 is 1.68 bits per heavy atom. The average Bonchev–Trinajstić information content (AvgIpc) is 3.54. The van der Waals surface area contributed by atoms with Gasteiger partial charge in [0.05, 0.1) is 24.4 Å². The molecule has 0 aliphatic carbocycles. The van der Waals surface area contributed by atoms with Crippen molar-refractivity contribution in [3.63, 3.8) is 0 Å². The number of pyridine rings is 1. The summed E-state index contributed by atoms with van der Waals surface area (Å²) < 4.78 is 52.6. The van der Waals surface area contributed by atoms with E-state index in [1.165, 1.54) is 29.2 Å². The predicted octanol–water partition coefficient (Wildman–Crippen LogP) is 8.12. The van der Waals surface area contributed by atoms with Crippen LogP contribution in [-0.2, 0) is 14.2 Å². The molecule has 2 amide bonds. The summed E-state index contributed by atoms with van der Waals surface area (Å²) in [5, 5.41) is 4.16. The normalized spacial score (nSPS) is 17.7. The number of carbonyl (C=O) groups is 2. The van der Waals surface area contributed by atoms with E-state index in [0.29, 0.717) is 16.0 Å². The first-order chi connectivity index (χ1) is 20.4. The molecule has 3 heterocycles. The van der Waals surface area contributed by atoms with Crippen molar-refractivity contribution < 1.29 is 37.3 Å². The van der Waals surface area contributed by atoms with Crippen molar-refractivity contribution in [3.8, 4) is 16.9 Å². The fourth-order valence-electron chi connectivity index (χ4n) is 4.30. The van der Waals surface area contributed by atoms with E-state index in [2.05, 4.69) is 10.1 Å². The van der Waals surface area contributed by atoms with Crippen LogP contribution >= 0.6 is 23.2 Å². The summed E-state index contributed by atoms with van der Waals surface area (Å²) in [6.07, 6.45) is 0.149.